The molecule has 0 fully saturated rings. The molecule has 0 amide bonds. The van der Waals surface area contributed by atoms with Crippen LogP contribution in [0.5, 0.6) is 0 Å². The summed E-state index contributed by atoms with van der Waals surface area (Å²) in [6.07, 6.45) is 7.56. The molecule has 3 aliphatic rings. The molecule has 0 saturated carbocycles. The molecule has 21 heavy (non-hydrogen) atoms. The van der Waals surface area contributed by atoms with Crippen LogP contribution in [0, 0.1) is 0 Å². The van der Waals surface area contributed by atoms with Crippen LogP contribution in [-0.2, 0) is 15.6 Å². The van der Waals surface area contributed by atoms with Crippen molar-refractivity contribution in [3.63, 3.8) is 0 Å². The van der Waals surface area contributed by atoms with Gasteiger partial charge in [-0.2, -0.15) is 0 Å². The van der Waals surface area contributed by atoms with Crippen molar-refractivity contribution in [1.29, 1.82) is 0 Å². The number of aliphatic imine (C=N–C) groups is 1. The first-order chi connectivity index (χ1) is 10.1. The SMILES string of the molecule is CCN1C=C(C)C(S(C)=O)C2=C1N1CN(OC)C=C1C=N2. The van der Waals surface area contributed by atoms with Gasteiger partial charge in [0.05, 0.1) is 25.2 Å². The molecule has 0 aromatic rings. The van der Waals surface area contributed by atoms with Gasteiger partial charge in [-0.1, -0.05) is 0 Å². The monoisotopic (exact) mass is 308 g/mol. The van der Waals surface area contributed by atoms with E-state index in [1.165, 1.54) is 0 Å². The Bertz CT molecular complexity index is 608. The van der Waals surface area contributed by atoms with Gasteiger partial charge in [-0.25, -0.2) is 5.06 Å². The largest absolute Gasteiger partial charge is 0.333 e. The highest BCUT2D eigenvalue weighted by molar-refractivity contribution is 7.85. The molecular formula is C14H20N4O2S. The van der Waals surface area contributed by atoms with Crippen molar-refractivity contribution in [1.82, 2.24) is 14.9 Å². The number of fused-ring (bicyclic) bond motifs is 2. The Hall–Kier alpha value is -1.60. The van der Waals surface area contributed by atoms with E-state index in [1.54, 1.807) is 18.4 Å². The van der Waals surface area contributed by atoms with Crippen LogP contribution >= 0.6 is 0 Å². The second-order valence-electron chi connectivity index (χ2n) is 5.23. The second-order valence-corrected chi connectivity index (χ2v) is 6.70. The van der Waals surface area contributed by atoms with Crippen molar-refractivity contribution in [3.8, 4) is 0 Å². The first-order valence-corrected chi connectivity index (χ1v) is 8.54. The molecule has 3 heterocycles. The molecule has 114 valence electrons. The minimum absolute atomic E-state index is 0.141. The zero-order valence-corrected chi connectivity index (χ0v) is 13.6. The molecule has 0 aliphatic carbocycles. The van der Waals surface area contributed by atoms with Gasteiger partial charge in [-0.05, 0) is 19.4 Å². The zero-order valence-electron chi connectivity index (χ0n) is 12.7. The van der Waals surface area contributed by atoms with Gasteiger partial charge < -0.3 is 9.80 Å². The fraction of sp³-hybridized carbons (Fsp3) is 0.500. The predicted molar refractivity (Wildman–Crippen MR) is 83.1 cm³/mol. The third kappa shape index (κ3) is 2.20. The van der Waals surface area contributed by atoms with Crippen LogP contribution in [0.2, 0.25) is 0 Å². The minimum atomic E-state index is -0.993. The number of hydrogen-bond acceptors (Lipinski definition) is 6. The summed E-state index contributed by atoms with van der Waals surface area (Å²) < 4.78 is 12.1. The van der Waals surface area contributed by atoms with Crippen molar-refractivity contribution in [2.45, 2.75) is 19.1 Å². The molecule has 3 aliphatic heterocycles. The van der Waals surface area contributed by atoms with E-state index >= 15 is 0 Å². The Kier molecular flexibility index (Phi) is 3.62. The highest BCUT2D eigenvalue weighted by Crippen LogP contribution is 2.37. The van der Waals surface area contributed by atoms with Crippen molar-refractivity contribution < 1.29 is 9.05 Å². The van der Waals surface area contributed by atoms with Crippen LogP contribution in [0.3, 0.4) is 0 Å². The maximum absolute atomic E-state index is 12.1. The van der Waals surface area contributed by atoms with Crippen molar-refractivity contribution in [2.75, 3.05) is 26.6 Å². The third-order valence-corrected chi connectivity index (χ3v) is 5.15. The molecule has 0 spiro atoms. The number of hydrogen-bond donors (Lipinski definition) is 0. The normalized spacial score (nSPS) is 25.7. The quantitative estimate of drug-likeness (QED) is 0.784. The first-order valence-electron chi connectivity index (χ1n) is 6.92. The number of rotatable bonds is 3. The molecule has 0 bridgehead atoms. The minimum Gasteiger partial charge on any atom is -0.333 e. The molecular weight excluding hydrogens is 288 g/mol. The van der Waals surface area contributed by atoms with E-state index in [2.05, 4.69) is 27.9 Å². The Labute approximate surface area is 127 Å². The summed E-state index contributed by atoms with van der Waals surface area (Å²) >= 11 is 0. The molecule has 3 rings (SSSR count). The smallest absolute Gasteiger partial charge is 0.138 e. The van der Waals surface area contributed by atoms with E-state index in [0.29, 0.717) is 6.67 Å². The lowest BCUT2D eigenvalue weighted by atomic mass is 10.1. The van der Waals surface area contributed by atoms with Crippen molar-refractivity contribution in [3.05, 3.63) is 35.2 Å². The highest BCUT2D eigenvalue weighted by Gasteiger charge is 2.38. The van der Waals surface area contributed by atoms with Crippen LogP contribution in [0.25, 0.3) is 0 Å². The van der Waals surface area contributed by atoms with Crippen LogP contribution in [0.4, 0.5) is 0 Å². The Morgan fingerprint density at radius 2 is 2.24 bits per heavy atom. The third-order valence-electron chi connectivity index (χ3n) is 3.89. The van der Waals surface area contributed by atoms with E-state index in [9.17, 15) is 4.21 Å². The summed E-state index contributed by atoms with van der Waals surface area (Å²) in [5.74, 6) is 1.01. The van der Waals surface area contributed by atoms with Gasteiger partial charge in [0.1, 0.15) is 23.4 Å². The molecule has 2 atom stereocenters. The topological polar surface area (TPSA) is 48.4 Å². The molecule has 0 N–H and O–H groups in total. The highest BCUT2D eigenvalue weighted by atomic mass is 32.2. The van der Waals surface area contributed by atoms with Crippen LogP contribution in [0.15, 0.2) is 40.2 Å². The van der Waals surface area contributed by atoms with Crippen molar-refractivity contribution >= 4 is 17.0 Å². The van der Waals surface area contributed by atoms with Gasteiger partial charge in [0.25, 0.3) is 0 Å². The van der Waals surface area contributed by atoms with E-state index in [0.717, 1.165) is 29.3 Å². The molecule has 6 nitrogen and oxygen atoms in total. The summed E-state index contributed by atoms with van der Waals surface area (Å²) in [5, 5.41) is 1.62. The maximum atomic E-state index is 12.1. The standard InChI is InChI=1S/C14H20N4O2S/c1-5-16-7-10(2)13(21(4)19)12-14(16)18-9-17(20-3)8-11(18)6-15-12/h6-8,13H,5,9H2,1-4H3. The molecule has 0 saturated heterocycles. The summed E-state index contributed by atoms with van der Waals surface area (Å²) in [5.41, 5.74) is 2.96. The number of nitrogens with zero attached hydrogens (tertiary/aromatic N) is 4. The summed E-state index contributed by atoms with van der Waals surface area (Å²) in [6, 6.07) is 0. The van der Waals surface area contributed by atoms with Crippen molar-refractivity contribution in [2.24, 2.45) is 4.99 Å². The van der Waals surface area contributed by atoms with E-state index in [4.69, 9.17) is 4.84 Å². The molecule has 0 aromatic heterocycles. The van der Waals surface area contributed by atoms with E-state index < -0.39 is 10.8 Å². The lowest BCUT2D eigenvalue weighted by Crippen LogP contribution is -2.41. The van der Waals surface area contributed by atoms with E-state index in [-0.39, 0.29) is 5.25 Å². The Morgan fingerprint density at radius 1 is 1.48 bits per heavy atom. The average molecular weight is 308 g/mol. The summed E-state index contributed by atoms with van der Waals surface area (Å²) in [6.45, 7) is 5.57. The summed E-state index contributed by atoms with van der Waals surface area (Å²) in [7, 11) is 0.654. The fourth-order valence-electron chi connectivity index (χ4n) is 2.95. The fourth-order valence-corrected chi connectivity index (χ4v) is 4.02. The number of allylic oxidation sites excluding steroid dienone is 1. The molecule has 0 aromatic carbocycles. The predicted octanol–water partition coefficient (Wildman–Crippen LogP) is 1.20. The first kappa shape index (κ1) is 14.3. The van der Waals surface area contributed by atoms with Gasteiger partial charge in [0, 0.05) is 29.8 Å². The van der Waals surface area contributed by atoms with Gasteiger partial charge in [-0.3, -0.25) is 14.0 Å². The van der Waals surface area contributed by atoms with Gasteiger partial charge in [0.2, 0.25) is 0 Å². The lowest BCUT2D eigenvalue weighted by Gasteiger charge is -2.39. The Morgan fingerprint density at radius 3 is 2.86 bits per heavy atom. The molecule has 7 heteroatoms. The zero-order chi connectivity index (χ0) is 15.1. The molecule has 0 radical (unpaired) electrons. The Balaban J connectivity index is 2.07. The van der Waals surface area contributed by atoms with Gasteiger partial charge in [0.15, 0.2) is 0 Å². The van der Waals surface area contributed by atoms with Gasteiger partial charge in [-0.15, -0.1) is 0 Å². The lowest BCUT2D eigenvalue weighted by molar-refractivity contribution is -0.0967. The van der Waals surface area contributed by atoms with Gasteiger partial charge >= 0.3 is 0 Å². The van der Waals surface area contributed by atoms with Crippen LogP contribution < -0.4 is 0 Å². The van der Waals surface area contributed by atoms with E-state index in [1.807, 2.05) is 19.3 Å². The maximum Gasteiger partial charge on any atom is 0.138 e. The average Bonchev–Trinajstić information content (AvgIpc) is 2.88. The summed E-state index contributed by atoms with van der Waals surface area (Å²) in [4.78, 5) is 14.2. The number of hydroxylamine groups is 2. The van der Waals surface area contributed by atoms with Crippen LogP contribution in [0.1, 0.15) is 13.8 Å². The van der Waals surface area contributed by atoms with Crippen LogP contribution in [-0.4, -0.2) is 57.1 Å². The second kappa shape index (κ2) is 5.31. The molecule has 2 unspecified atom stereocenters.